The minimum absolute atomic E-state index is 0.0852. The van der Waals surface area contributed by atoms with Crippen molar-refractivity contribution in [3.8, 4) is 0 Å². The molecule has 2 saturated carbocycles. The maximum atomic E-state index is 11.7. The van der Waals surface area contributed by atoms with Gasteiger partial charge in [0.2, 0.25) is 11.5 Å². The third kappa shape index (κ3) is 1.99. The molecule has 2 fully saturated rings. The summed E-state index contributed by atoms with van der Waals surface area (Å²) in [5.41, 5.74) is -0.0852. The molecule has 1 aromatic heterocycles. The van der Waals surface area contributed by atoms with E-state index in [1.807, 2.05) is 0 Å². The Balaban J connectivity index is 1.91. The van der Waals surface area contributed by atoms with E-state index in [0.717, 1.165) is 0 Å². The Kier molecular flexibility index (Phi) is 3.23. The zero-order chi connectivity index (χ0) is 14.3. The lowest BCUT2D eigenvalue weighted by atomic mass is 10.0. The molecule has 2 unspecified atom stereocenters. The zero-order valence-electron chi connectivity index (χ0n) is 11.5. The summed E-state index contributed by atoms with van der Waals surface area (Å²) in [6.07, 6.45) is 4.79. The van der Waals surface area contributed by atoms with Gasteiger partial charge < -0.3 is 13.9 Å². The molecule has 2 aliphatic carbocycles. The fourth-order valence-electron chi connectivity index (χ4n) is 3.30. The van der Waals surface area contributed by atoms with Crippen LogP contribution in [0.1, 0.15) is 58.5 Å². The van der Waals surface area contributed by atoms with Crippen LogP contribution in [-0.4, -0.2) is 31.1 Å². The van der Waals surface area contributed by atoms with Crippen LogP contribution < -0.4 is 0 Å². The van der Waals surface area contributed by atoms with Crippen LogP contribution in [0.25, 0.3) is 0 Å². The third-order valence-corrected chi connectivity index (χ3v) is 4.33. The van der Waals surface area contributed by atoms with Crippen molar-refractivity contribution >= 4 is 11.9 Å². The highest BCUT2D eigenvalue weighted by atomic mass is 16.5. The topological polar surface area (TPSA) is 78.6 Å². The van der Waals surface area contributed by atoms with E-state index in [1.165, 1.54) is 39.9 Å². The van der Waals surface area contributed by atoms with Crippen molar-refractivity contribution < 1.29 is 23.5 Å². The Bertz CT molecular complexity index is 504. The molecule has 1 aromatic rings. The summed E-state index contributed by atoms with van der Waals surface area (Å²) >= 11 is 0. The van der Waals surface area contributed by atoms with Crippen molar-refractivity contribution in [3.05, 3.63) is 17.3 Å². The summed E-state index contributed by atoms with van der Waals surface area (Å²) in [6, 6.07) is 0. The number of ether oxygens (including phenoxy) is 2. The second-order valence-electron chi connectivity index (χ2n) is 5.35. The van der Waals surface area contributed by atoms with Crippen LogP contribution >= 0.6 is 0 Å². The Labute approximate surface area is 116 Å². The smallest absolute Gasteiger partial charge is 0.376 e. The quantitative estimate of drug-likeness (QED) is 0.789. The number of aromatic nitrogens is 1. The van der Waals surface area contributed by atoms with Gasteiger partial charge in [0.25, 0.3) is 0 Å². The number of fused-ring (bicyclic) bond motifs is 1. The largest absolute Gasteiger partial charge is 0.464 e. The molecule has 108 valence electrons. The van der Waals surface area contributed by atoms with Gasteiger partial charge in [-0.1, -0.05) is 12.8 Å². The van der Waals surface area contributed by atoms with Crippen molar-refractivity contribution in [3.63, 3.8) is 0 Å². The average molecular weight is 279 g/mol. The van der Waals surface area contributed by atoms with Crippen LogP contribution in [0, 0.1) is 11.8 Å². The lowest BCUT2D eigenvalue weighted by Crippen LogP contribution is -2.10. The normalized spacial score (nSPS) is 27.6. The summed E-state index contributed by atoms with van der Waals surface area (Å²) in [7, 11) is 2.48. The van der Waals surface area contributed by atoms with Crippen LogP contribution in [0.4, 0.5) is 0 Å². The maximum absolute atomic E-state index is 11.7. The van der Waals surface area contributed by atoms with Gasteiger partial charge in [-0.3, -0.25) is 0 Å². The van der Waals surface area contributed by atoms with Crippen molar-refractivity contribution in [2.24, 2.45) is 11.8 Å². The Morgan fingerprint density at radius 1 is 1.10 bits per heavy atom. The SMILES string of the molecule is COC(=O)c1nc(C2C3CCCCC32)oc1C(=O)OC. The lowest BCUT2D eigenvalue weighted by molar-refractivity contribution is 0.0525. The molecular formula is C14H17NO5. The van der Waals surface area contributed by atoms with Crippen molar-refractivity contribution in [1.82, 2.24) is 4.98 Å². The first kappa shape index (κ1) is 13.1. The summed E-state index contributed by atoms with van der Waals surface area (Å²) in [6.45, 7) is 0. The molecule has 0 bridgehead atoms. The summed E-state index contributed by atoms with van der Waals surface area (Å²) < 4.78 is 14.8. The van der Waals surface area contributed by atoms with Gasteiger partial charge in [0, 0.05) is 5.92 Å². The van der Waals surface area contributed by atoms with E-state index < -0.39 is 11.9 Å². The number of rotatable bonds is 3. The summed E-state index contributed by atoms with van der Waals surface area (Å²) in [5, 5.41) is 0. The van der Waals surface area contributed by atoms with Gasteiger partial charge in [-0.05, 0) is 24.7 Å². The monoisotopic (exact) mass is 279 g/mol. The number of hydrogen-bond donors (Lipinski definition) is 0. The first-order chi connectivity index (χ1) is 9.67. The Morgan fingerprint density at radius 2 is 1.70 bits per heavy atom. The van der Waals surface area contributed by atoms with Gasteiger partial charge in [0.05, 0.1) is 14.2 Å². The highest BCUT2D eigenvalue weighted by molar-refractivity contribution is 5.99. The molecule has 0 N–H and O–H groups in total. The van der Waals surface area contributed by atoms with Crippen LogP contribution in [0.5, 0.6) is 0 Å². The summed E-state index contributed by atoms with van der Waals surface area (Å²) in [5.74, 6) is 0.341. The number of carbonyl (C=O) groups excluding carboxylic acids is 2. The van der Waals surface area contributed by atoms with E-state index in [4.69, 9.17) is 4.42 Å². The lowest BCUT2D eigenvalue weighted by Gasteiger charge is -2.04. The van der Waals surface area contributed by atoms with Gasteiger partial charge in [-0.25, -0.2) is 14.6 Å². The Morgan fingerprint density at radius 3 is 2.25 bits per heavy atom. The second kappa shape index (κ2) is 4.92. The second-order valence-corrected chi connectivity index (χ2v) is 5.35. The molecule has 3 rings (SSSR count). The van der Waals surface area contributed by atoms with Crippen LogP contribution in [0.2, 0.25) is 0 Å². The fourth-order valence-corrected chi connectivity index (χ4v) is 3.30. The number of nitrogens with zero attached hydrogens (tertiary/aromatic N) is 1. The van der Waals surface area contributed by atoms with Gasteiger partial charge in [-0.15, -0.1) is 0 Å². The van der Waals surface area contributed by atoms with Crippen molar-refractivity contribution in [2.45, 2.75) is 31.6 Å². The average Bonchev–Trinajstić information content (AvgIpc) is 3.06. The van der Waals surface area contributed by atoms with E-state index in [2.05, 4.69) is 14.5 Å². The van der Waals surface area contributed by atoms with E-state index in [0.29, 0.717) is 17.7 Å². The van der Waals surface area contributed by atoms with E-state index in [9.17, 15) is 9.59 Å². The van der Waals surface area contributed by atoms with Crippen molar-refractivity contribution in [2.75, 3.05) is 14.2 Å². The number of oxazole rings is 1. The molecule has 0 aromatic carbocycles. The molecule has 20 heavy (non-hydrogen) atoms. The number of carbonyl (C=O) groups is 2. The maximum Gasteiger partial charge on any atom is 0.376 e. The fraction of sp³-hybridized carbons (Fsp3) is 0.643. The minimum atomic E-state index is -0.701. The zero-order valence-corrected chi connectivity index (χ0v) is 11.5. The van der Waals surface area contributed by atoms with Gasteiger partial charge in [-0.2, -0.15) is 0 Å². The highest BCUT2D eigenvalue weighted by Crippen LogP contribution is 2.61. The molecular weight excluding hydrogens is 262 g/mol. The van der Waals surface area contributed by atoms with Gasteiger partial charge >= 0.3 is 11.9 Å². The predicted molar refractivity (Wildman–Crippen MR) is 67.4 cm³/mol. The number of hydrogen-bond acceptors (Lipinski definition) is 6. The van der Waals surface area contributed by atoms with Crippen LogP contribution in [0.15, 0.2) is 4.42 Å². The Hall–Kier alpha value is -1.85. The molecule has 0 radical (unpaired) electrons. The van der Waals surface area contributed by atoms with E-state index in [1.54, 1.807) is 0 Å². The van der Waals surface area contributed by atoms with Gasteiger partial charge in [0.1, 0.15) is 0 Å². The predicted octanol–water partition coefficient (Wildman–Crippen LogP) is 2.15. The van der Waals surface area contributed by atoms with E-state index in [-0.39, 0.29) is 17.4 Å². The van der Waals surface area contributed by atoms with Crippen molar-refractivity contribution in [1.29, 1.82) is 0 Å². The summed E-state index contributed by atoms with van der Waals surface area (Å²) in [4.78, 5) is 27.5. The first-order valence-electron chi connectivity index (χ1n) is 6.84. The molecule has 6 nitrogen and oxygen atoms in total. The third-order valence-electron chi connectivity index (χ3n) is 4.33. The molecule has 0 amide bonds. The molecule has 0 spiro atoms. The van der Waals surface area contributed by atoms with Crippen LogP contribution in [0.3, 0.4) is 0 Å². The minimum Gasteiger partial charge on any atom is -0.464 e. The highest BCUT2D eigenvalue weighted by Gasteiger charge is 2.54. The first-order valence-corrected chi connectivity index (χ1v) is 6.84. The molecule has 2 atom stereocenters. The van der Waals surface area contributed by atoms with Gasteiger partial charge in [0.15, 0.2) is 5.89 Å². The standard InChI is InChI=1S/C14H17NO5/c1-18-13(16)10-11(14(17)19-2)20-12(15-10)9-7-5-3-4-6-8(7)9/h7-9H,3-6H2,1-2H3. The number of esters is 2. The molecule has 6 heteroatoms. The molecule has 1 heterocycles. The van der Waals surface area contributed by atoms with E-state index >= 15 is 0 Å². The number of methoxy groups -OCH3 is 2. The molecule has 2 aliphatic rings. The molecule has 0 saturated heterocycles. The molecule has 0 aliphatic heterocycles. The van der Waals surface area contributed by atoms with Crippen LogP contribution in [-0.2, 0) is 9.47 Å².